The summed E-state index contributed by atoms with van der Waals surface area (Å²) < 4.78 is 5.10. The summed E-state index contributed by atoms with van der Waals surface area (Å²) in [6, 6.07) is 4.79. The monoisotopic (exact) mass is 406 g/mol. The summed E-state index contributed by atoms with van der Waals surface area (Å²) in [4.78, 5) is 19.6. The quantitative estimate of drug-likeness (QED) is 0.578. The molecule has 1 aromatic heterocycles. The van der Waals surface area contributed by atoms with E-state index in [4.69, 9.17) is 4.74 Å². The summed E-state index contributed by atoms with van der Waals surface area (Å²) in [5, 5.41) is 9.36. The Morgan fingerprint density at radius 2 is 2.07 bits per heavy atom. The number of guanidine groups is 1. The minimum absolute atomic E-state index is 0.196. The number of carbonyl (C=O) groups excluding carboxylic acids is 1. The average Bonchev–Trinajstić information content (AvgIpc) is 3.28. The number of piperidine rings is 1. The van der Waals surface area contributed by atoms with Gasteiger partial charge in [0.2, 0.25) is 0 Å². The predicted molar refractivity (Wildman–Crippen MR) is 115 cm³/mol. The van der Waals surface area contributed by atoms with Gasteiger partial charge in [-0.1, -0.05) is 25.3 Å². The molecule has 1 saturated heterocycles. The van der Waals surface area contributed by atoms with E-state index in [1.807, 2.05) is 25.3 Å². The van der Waals surface area contributed by atoms with Gasteiger partial charge in [-0.3, -0.25) is 4.99 Å². The van der Waals surface area contributed by atoms with Gasteiger partial charge in [-0.05, 0) is 44.1 Å². The Morgan fingerprint density at radius 3 is 2.68 bits per heavy atom. The average molecular weight is 407 g/mol. The molecular formula is C21H34N4O2S. The van der Waals surface area contributed by atoms with Crippen molar-refractivity contribution in [2.45, 2.75) is 63.3 Å². The van der Waals surface area contributed by atoms with Crippen molar-refractivity contribution in [3.05, 3.63) is 22.4 Å². The molecule has 1 aliphatic heterocycles. The zero-order chi connectivity index (χ0) is 19.8. The molecule has 0 aromatic carbocycles. The number of hydrogen-bond acceptors (Lipinski definition) is 4. The predicted octanol–water partition coefficient (Wildman–Crippen LogP) is 3.74. The number of nitrogens with one attached hydrogen (secondary N) is 2. The van der Waals surface area contributed by atoms with E-state index < -0.39 is 0 Å². The Hall–Kier alpha value is -1.76. The number of likely N-dealkylation sites (tertiary alicyclic amines) is 1. The molecule has 2 aliphatic rings. The summed E-state index contributed by atoms with van der Waals surface area (Å²) >= 11 is 1.88. The summed E-state index contributed by atoms with van der Waals surface area (Å²) in [7, 11) is 1.84. The highest BCUT2D eigenvalue weighted by molar-refractivity contribution is 7.10. The molecule has 0 atom stereocenters. The Bertz CT molecular complexity index is 633. The van der Waals surface area contributed by atoms with E-state index >= 15 is 0 Å². The van der Waals surface area contributed by atoms with Crippen LogP contribution in [0.15, 0.2) is 22.5 Å². The summed E-state index contributed by atoms with van der Waals surface area (Å²) in [5.41, 5.74) is 0.233. The van der Waals surface area contributed by atoms with Crippen LogP contribution in [0.2, 0.25) is 0 Å². The number of carbonyl (C=O) groups is 1. The molecule has 2 fully saturated rings. The minimum Gasteiger partial charge on any atom is -0.450 e. The van der Waals surface area contributed by atoms with Crippen molar-refractivity contribution in [1.29, 1.82) is 0 Å². The molecule has 1 saturated carbocycles. The molecule has 0 spiro atoms. The van der Waals surface area contributed by atoms with Crippen molar-refractivity contribution in [2.75, 3.05) is 33.3 Å². The molecule has 2 heterocycles. The molecule has 0 unspecified atom stereocenters. The SMILES string of the molecule is CCOC(=O)N1CCC(NC(=NC)NCC2(c3cccs3)CCCCC2)CC1. The Balaban J connectivity index is 1.51. The largest absolute Gasteiger partial charge is 0.450 e. The van der Waals surface area contributed by atoms with Crippen molar-refractivity contribution in [2.24, 2.45) is 4.99 Å². The Kier molecular flexibility index (Phi) is 7.59. The van der Waals surface area contributed by atoms with Crippen LogP contribution < -0.4 is 10.6 Å². The number of hydrogen-bond donors (Lipinski definition) is 2. The molecule has 2 N–H and O–H groups in total. The van der Waals surface area contributed by atoms with E-state index in [2.05, 4.69) is 33.1 Å². The number of rotatable bonds is 5. The first-order valence-corrected chi connectivity index (χ1v) is 11.5. The molecule has 0 radical (unpaired) electrons. The topological polar surface area (TPSA) is 66.0 Å². The smallest absolute Gasteiger partial charge is 0.409 e. The third kappa shape index (κ3) is 5.19. The number of ether oxygens (including phenoxy) is 1. The van der Waals surface area contributed by atoms with Crippen LogP contribution in [-0.4, -0.2) is 56.3 Å². The van der Waals surface area contributed by atoms with Crippen molar-refractivity contribution in [1.82, 2.24) is 15.5 Å². The zero-order valence-electron chi connectivity index (χ0n) is 17.2. The number of nitrogens with zero attached hydrogens (tertiary/aromatic N) is 2. The highest BCUT2D eigenvalue weighted by Gasteiger charge is 2.35. The minimum atomic E-state index is -0.196. The summed E-state index contributed by atoms with van der Waals surface area (Å²) in [5.74, 6) is 0.871. The summed E-state index contributed by atoms with van der Waals surface area (Å²) in [6.45, 7) is 4.66. The molecule has 1 aliphatic carbocycles. The van der Waals surface area contributed by atoms with Crippen molar-refractivity contribution in [3.63, 3.8) is 0 Å². The molecule has 7 heteroatoms. The number of thiophene rings is 1. The lowest BCUT2D eigenvalue weighted by Gasteiger charge is -2.38. The van der Waals surface area contributed by atoms with E-state index in [-0.39, 0.29) is 11.5 Å². The third-order valence-corrected chi connectivity index (χ3v) is 7.15. The zero-order valence-corrected chi connectivity index (χ0v) is 18.0. The van der Waals surface area contributed by atoms with Gasteiger partial charge in [0.15, 0.2) is 5.96 Å². The molecule has 6 nitrogen and oxygen atoms in total. The van der Waals surface area contributed by atoms with Crippen LogP contribution in [0.25, 0.3) is 0 Å². The van der Waals surface area contributed by atoms with E-state index in [1.165, 1.54) is 37.0 Å². The molecule has 3 rings (SSSR count). The van der Waals surface area contributed by atoms with E-state index in [0.717, 1.165) is 38.4 Å². The lowest BCUT2D eigenvalue weighted by molar-refractivity contribution is 0.0963. The lowest BCUT2D eigenvalue weighted by Crippen LogP contribution is -2.52. The van der Waals surface area contributed by atoms with Gasteiger partial charge in [0, 0.05) is 43.0 Å². The Morgan fingerprint density at radius 1 is 1.32 bits per heavy atom. The maximum Gasteiger partial charge on any atom is 0.409 e. The molecule has 0 bridgehead atoms. The van der Waals surface area contributed by atoms with Crippen LogP contribution in [0.1, 0.15) is 56.7 Å². The number of amides is 1. The second-order valence-electron chi connectivity index (χ2n) is 7.85. The van der Waals surface area contributed by atoms with Gasteiger partial charge in [0.05, 0.1) is 6.61 Å². The van der Waals surface area contributed by atoms with Gasteiger partial charge in [-0.15, -0.1) is 11.3 Å². The maximum absolute atomic E-state index is 11.9. The van der Waals surface area contributed by atoms with Crippen LogP contribution in [0.3, 0.4) is 0 Å². The van der Waals surface area contributed by atoms with Gasteiger partial charge in [-0.25, -0.2) is 4.79 Å². The van der Waals surface area contributed by atoms with Crippen molar-refractivity contribution >= 4 is 23.4 Å². The fourth-order valence-electron chi connectivity index (χ4n) is 4.38. The first kappa shape index (κ1) is 21.0. The van der Waals surface area contributed by atoms with Crippen LogP contribution in [0, 0.1) is 0 Å². The molecule has 156 valence electrons. The van der Waals surface area contributed by atoms with Crippen LogP contribution in [-0.2, 0) is 10.2 Å². The molecule has 28 heavy (non-hydrogen) atoms. The van der Waals surface area contributed by atoms with Crippen molar-refractivity contribution < 1.29 is 9.53 Å². The second-order valence-corrected chi connectivity index (χ2v) is 8.80. The highest BCUT2D eigenvalue weighted by atomic mass is 32.1. The molecule has 1 aromatic rings. The first-order valence-electron chi connectivity index (χ1n) is 10.6. The number of aliphatic imine (C=N–C) groups is 1. The second kappa shape index (κ2) is 10.1. The normalized spacial score (nSPS) is 20.6. The highest BCUT2D eigenvalue weighted by Crippen LogP contribution is 2.41. The molecule has 1 amide bonds. The van der Waals surface area contributed by atoms with Crippen molar-refractivity contribution in [3.8, 4) is 0 Å². The van der Waals surface area contributed by atoms with Crippen LogP contribution >= 0.6 is 11.3 Å². The maximum atomic E-state index is 11.9. The van der Waals surface area contributed by atoms with E-state index in [0.29, 0.717) is 12.6 Å². The summed E-state index contributed by atoms with van der Waals surface area (Å²) in [6.07, 6.45) is 8.07. The van der Waals surface area contributed by atoms with E-state index in [1.54, 1.807) is 4.90 Å². The van der Waals surface area contributed by atoms with Gasteiger partial charge in [-0.2, -0.15) is 0 Å². The van der Waals surface area contributed by atoms with Crippen LogP contribution in [0.4, 0.5) is 4.79 Å². The first-order chi connectivity index (χ1) is 13.7. The standard InChI is InChI=1S/C21H34N4O2S/c1-3-27-20(26)25-13-9-17(10-14-25)24-19(22-2)23-16-21(11-5-4-6-12-21)18-8-7-15-28-18/h7-8,15,17H,3-6,9-14,16H2,1-2H3,(H2,22,23,24). The van der Waals surface area contributed by atoms with E-state index in [9.17, 15) is 4.79 Å². The fraction of sp³-hybridized carbons (Fsp3) is 0.714. The van der Waals surface area contributed by atoms with Gasteiger partial charge in [0.25, 0.3) is 0 Å². The van der Waals surface area contributed by atoms with Gasteiger partial charge >= 0.3 is 6.09 Å². The molecular weight excluding hydrogens is 372 g/mol. The lowest BCUT2D eigenvalue weighted by atomic mass is 9.73. The fourth-order valence-corrected chi connectivity index (χ4v) is 5.37. The van der Waals surface area contributed by atoms with Crippen LogP contribution in [0.5, 0.6) is 0 Å². The van der Waals surface area contributed by atoms with Gasteiger partial charge < -0.3 is 20.3 Å². The Labute approximate surface area is 172 Å². The third-order valence-electron chi connectivity index (χ3n) is 6.03. The van der Waals surface area contributed by atoms with Gasteiger partial charge in [0.1, 0.15) is 0 Å².